The Morgan fingerprint density at radius 3 is 2.17 bits per heavy atom. The van der Waals surface area contributed by atoms with Crippen LogP contribution in [0.15, 0.2) is 83.8 Å². The SMILES string of the molecule is CC(=O)Nc1ccc(S(=O)(=O)NCC(=O)OCC(=O)Nc2ccccc2Cc2ccccc2)cc1. The molecule has 182 valence electrons. The highest BCUT2D eigenvalue weighted by Crippen LogP contribution is 2.19. The minimum absolute atomic E-state index is 0.0906. The third-order valence-electron chi connectivity index (χ3n) is 4.78. The summed E-state index contributed by atoms with van der Waals surface area (Å²) in [7, 11) is -3.99. The van der Waals surface area contributed by atoms with Crippen LogP contribution < -0.4 is 15.4 Å². The predicted molar refractivity (Wildman–Crippen MR) is 131 cm³/mol. The highest BCUT2D eigenvalue weighted by atomic mass is 32.2. The fraction of sp³-hybridized carbons (Fsp3) is 0.160. The average Bonchev–Trinajstić information content (AvgIpc) is 2.83. The minimum atomic E-state index is -3.99. The zero-order valence-corrected chi connectivity index (χ0v) is 19.8. The van der Waals surface area contributed by atoms with Gasteiger partial charge >= 0.3 is 5.97 Å². The van der Waals surface area contributed by atoms with Crippen LogP contribution in [0.1, 0.15) is 18.1 Å². The molecule has 0 radical (unpaired) electrons. The number of ether oxygens (including phenoxy) is 1. The van der Waals surface area contributed by atoms with E-state index in [0.717, 1.165) is 11.1 Å². The lowest BCUT2D eigenvalue weighted by atomic mass is 10.0. The molecule has 0 saturated heterocycles. The van der Waals surface area contributed by atoms with E-state index in [1.807, 2.05) is 42.5 Å². The van der Waals surface area contributed by atoms with E-state index in [9.17, 15) is 22.8 Å². The Kier molecular flexibility index (Phi) is 8.71. The Balaban J connectivity index is 1.48. The van der Waals surface area contributed by atoms with Crippen LogP contribution in [0.2, 0.25) is 0 Å². The number of amides is 2. The van der Waals surface area contributed by atoms with Gasteiger partial charge in [-0.25, -0.2) is 8.42 Å². The van der Waals surface area contributed by atoms with Crippen molar-refractivity contribution in [1.29, 1.82) is 0 Å². The van der Waals surface area contributed by atoms with E-state index >= 15 is 0 Å². The van der Waals surface area contributed by atoms with Crippen molar-refractivity contribution in [2.45, 2.75) is 18.2 Å². The van der Waals surface area contributed by atoms with E-state index in [1.165, 1.54) is 31.2 Å². The molecule has 0 aliphatic carbocycles. The molecule has 3 rings (SSSR count). The van der Waals surface area contributed by atoms with E-state index in [1.54, 1.807) is 12.1 Å². The molecule has 9 nitrogen and oxygen atoms in total. The summed E-state index contributed by atoms with van der Waals surface area (Å²) in [6.45, 7) is 0.126. The summed E-state index contributed by atoms with van der Waals surface area (Å²) < 4.78 is 31.7. The smallest absolute Gasteiger partial charge is 0.321 e. The summed E-state index contributed by atoms with van der Waals surface area (Å²) in [6, 6.07) is 22.5. The van der Waals surface area contributed by atoms with Crippen molar-refractivity contribution in [3.05, 3.63) is 90.0 Å². The number of esters is 1. The number of nitrogens with one attached hydrogen (secondary N) is 3. The van der Waals surface area contributed by atoms with Gasteiger partial charge in [0.15, 0.2) is 6.61 Å². The van der Waals surface area contributed by atoms with Crippen LogP contribution in [0.4, 0.5) is 11.4 Å². The molecule has 3 aromatic carbocycles. The summed E-state index contributed by atoms with van der Waals surface area (Å²) in [6.07, 6.45) is 0.616. The standard InChI is InChI=1S/C25H25N3O6S/c1-18(29)27-21-11-13-22(14-12-21)35(32,33)26-16-25(31)34-17-24(30)28-23-10-6-5-9-20(23)15-19-7-3-2-4-8-19/h2-14,26H,15-17H2,1H3,(H,27,29)(H,28,30). The largest absolute Gasteiger partial charge is 0.455 e. The number of carbonyl (C=O) groups is 3. The molecule has 0 unspecified atom stereocenters. The number of para-hydroxylation sites is 1. The van der Waals surface area contributed by atoms with Crippen LogP contribution in [0.25, 0.3) is 0 Å². The second-order valence-corrected chi connectivity index (χ2v) is 9.33. The van der Waals surface area contributed by atoms with Crippen LogP contribution in [-0.4, -0.2) is 39.4 Å². The van der Waals surface area contributed by atoms with Crippen LogP contribution in [-0.2, 0) is 35.6 Å². The molecule has 3 N–H and O–H groups in total. The Morgan fingerprint density at radius 2 is 1.49 bits per heavy atom. The summed E-state index contributed by atoms with van der Waals surface area (Å²) >= 11 is 0. The maximum atomic E-state index is 12.4. The van der Waals surface area contributed by atoms with E-state index < -0.39 is 35.1 Å². The lowest BCUT2D eigenvalue weighted by molar-refractivity contribution is -0.146. The van der Waals surface area contributed by atoms with Crippen molar-refractivity contribution in [3.8, 4) is 0 Å². The molecule has 0 bridgehead atoms. The first-order valence-electron chi connectivity index (χ1n) is 10.7. The monoisotopic (exact) mass is 495 g/mol. The first-order valence-corrected chi connectivity index (χ1v) is 12.2. The topological polar surface area (TPSA) is 131 Å². The fourth-order valence-electron chi connectivity index (χ4n) is 3.15. The van der Waals surface area contributed by atoms with Gasteiger partial charge in [0.05, 0.1) is 4.90 Å². The van der Waals surface area contributed by atoms with E-state index in [2.05, 4.69) is 15.4 Å². The van der Waals surface area contributed by atoms with Crippen LogP contribution in [0.5, 0.6) is 0 Å². The van der Waals surface area contributed by atoms with Crippen molar-refractivity contribution >= 4 is 39.2 Å². The molecule has 0 spiro atoms. The molecule has 10 heteroatoms. The zero-order valence-electron chi connectivity index (χ0n) is 19.0. The maximum Gasteiger partial charge on any atom is 0.321 e. The third-order valence-corrected chi connectivity index (χ3v) is 6.20. The summed E-state index contributed by atoms with van der Waals surface area (Å²) in [5.41, 5.74) is 3.02. The Hall–Kier alpha value is -4.02. The van der Waals surface area contributed by atoms with Gasteiger partial charge in [-0.05, 0) is 47.9 Å². The number of benzene rings is 3. The lowest BCUT2D eigenvalue weighted by Crippen LogP contribution is -2.32. The molecule has 0 atom stereocenters. The van der Waals surface area contributed by atoms with Gasteiger partial charge in [0.25, 0.3) is 5.91 Å². The van der Waals surface area contributed by atoms with Gasteiger partial charge in [-0.2, -0.15) is 4.72 Å². The quantitative estimate of drug-likeness (QED) is 0.371. The van der Waals surface area contributed by atoms with Gasteiger partial charge < -0.3 is 15.4 Å². The van der Waals surface area contributed by atoms with Gasteiger partial charge in [-0.3, -0.25) is 14.4 Å². The first kappa shape index (κ1) is 25.6. The number of hydrogen-bond donors (Lipinski definition) is 3. The number of carbonyl (C=O) groups excluding carboxylic acids is 3. The molecular formula is C25H25N3O6S. The van der Waals surface area contributed by atoms with Crippen molar-refractivity contribution in [2.24, 2.45) is 0 Å². The lowest BCUT2D eigenvalue weighted by Gasteiger charge is -2.12. The second-order valence-electron chi connectivity index (χ2n) is 7.56. The van der Waals surface area contributed by atoms with Crippen LogP contribution in [0, 0.1) is 0 Å². The van der Waals surface area contributed by atoms with Gasteiger partial charge in [0, 0.05) is 18.3 Å². The van der Waals surface area contributed by atoms with Gasteiger partial charge in [-0.15, -0.1) is 0 Å². The highest BCUT2D eigenvalue weighted by molar-refractivity contribution is 7.89. The molecular weight excluding hydrogens is 470 g/mol. The summed E-state index contributed by atoms with van der Waals surface area (Å²) in [4.78, 5) is 35.2. The summed E-state index contributed by atoms with van der Waals surface area (Å²) in [5.74, 6) is -1.74. The summed E-state index contributed by atoms with van der Waals surface area (Å²) in [5, 5.41) is 5.25. The third kappa shape index (κ3) is 8.05. The number of hydrogen-bond acceptors (Lipinski definition) is 6. The first-order chi connectivity index (χ1) is 16.7. The molecule has 0 aliphatic heterocycles. The Morgan fingerprint density at radius 1 is 0.829 bits per heavy atom. The van der Waals surface area contributed by atoms with Crippen molar-refractivity contribution < 1.29 is 27.5 Å². The van der Waals surface area contributed by atoms with Crippen molar-refractivity contribution in [2.75, 3.05) is 23.8 Å². The predicted octanol–water partition coefficient (Wildman–Crippen LogP) is 2.70. The van der Waals surface area contributed by atoms with Crippen LogP contribution >= 0.6 is 0 Å². The van der Waals surface area contributed by atoms with Gasteiger partial charge in [0.1, 0.15) is 6.54 Å². The van der Waals surface area contributed by atoms with E-state index in [4.69, 9.17) is 4.74 Å². The zero-order chi connectivity index (χ0) is 25.3. The van der Waals surface area contributed by atoms with Gasteiger partial charge in [0.2, 0.25) is 15.9 Å². The Bertz CT molecular complexity index is 1290. The molecule has 0 aromatic heterocycles. The molecule has 2 amide bonds. The fourth-order valence-corrected chi connectivity index (χ4v) is 4.12. The molecule has 35 heavy (non-hydrogen) atoms. The van der Waals surface area contributed by atoms with E-state index in [-0.39, 0.29) is 10.8 Å². The highest BCUT2D eigenvalue weighted by Gasteiger charge is 2.17. The average molecular weight is 496 g/mol. The molecule has 0 saturated carbocycles. The maximum absolute atomic E-state index is 12.4. The minimum Gasteiger partial charge on any atom is -0.455 e. The van der Waals surface area contributed by atoms with Crippen molar-refractivity contribution in [3.63, 3.8) is 0 Å². The normalized spacial score (nSPS) is 10.9. The Labute approximate surface area is 203 Å². The molecule has 0 heterocycles. The number of anilines is 2. The second kappa shape index (κ2) is 11.9. The molecule has 0 fully saturated rings. The van der Waals surface area contributed by atoms with E-state index in [0.29, 0.717) is 17.8 Å². The van der Waals surface area contributed by atoms with Crippen molar-refractivity contribution in [1.82, 2.24) is 4.72 Å². The van der Waals surface area contributed by atoms with Crippen LogP contribution in [0.3, 0.4) is 0 Å². The number of sulfonamides is 1. The molecule has 3 aromatic rings. The van der Waals surface area contributed by atoms with Gasteiger partial charge in [-0.1, -0.05) is 48.5 Å². The number of rotatable bonds is 10. The molecule has 0 aliphatic rings.